The molecule has 0 aliphatic rings. The van der Waals surface area contributed by atoms with E-state index in [1.807, 2.05) is 21.1 Å². The molecule has 0 heterocycles. The van der Waals surface area contributed by atoms with Crippen LogP contribution in [-0.4, -0.2) is 110 Å². The third-order valence-corrected chi connectivity index (χ3v) is 9.77. The summed E-state index contributed by atoms with van der Waals surface area (Å²) in [5, 5.41) is 16.1. The lowest BCUT2D eigenvalue weighted by molar-refractivity contribution is -0.227. The maximum atomic E-state index is 12.5. The van der Waals surface area contributed by atoms with Crippen molar-refractivity contribution in [3.63, 3.8) is 0 Å². The fourth-order valence-electron chi connectivity index (χ4n) is 4.65. The minimum atomic E-state index is -4.76. The number of likely N-dealkylation sites (N-methyl/N-ethyl adjacent to an activating group) is 2. The molecule has 21 heteroatoms. The number of hydrogen-bond acceptors (Lipinski definition) is 16. The van der Waals surface area contributed by atoms with Gasteiger partial charge in [-0.15, -0.1) is 4.48 Å². The fraction of sp³-hybridized carbons (Fsp3) is 1.00. The Labute approximate surface area is 273 Å². The number of rotatable bonds is 31. The van der Waals surface area contributed by atoms with Crippen LogP contribution in [0.2, 0.25) is 0 Å². The van der Waals surface area contributed by atoms with Gasteiger partial charge < -0.3 is 68.8 Å². The van der Waals surface area contributed by atoms with Crippen molar-refractivity contribution in [3.8, 4) is 0 Å². The molecule has 0 saturated carbocycles. The van der Waals surface area contributed by atoms with Crippen LogP contribution in [0.25, 0.3) is 0 Å². The van der Waals surface area contributed by atoms with Gasteiger partial charge in [-0.25, -0.2) is 0 Å². The number of nitrogens with one attached hydrogen (secondary N) is 6. The molecule has 0 aromatic carbocycles. The van der Waals surface area contributed by atoms with Crippen molar-refractivity contribution in [2.75, 3.05) is 74.9 Å². The van der Waals surface area contributed by atoms with Crippen LogP contribution < -0.4 is 46.8 Å². The topological polar surface area (TPSA) is 250 Å². The third-order valence-electron chi connectivity index (χ3n) is 7.75. The molecule has 278 valence electrons. The van der Waals surface area contributed by atoms with E-state index in [-0.39, 0.29) is 50.0 Å². The molecule has 0 bridgehead atoms. The largest absolute Gasteiger partial charge is 0.779 e. The molecule has 0 fully saturated rings. The van der Waals surface area contributed by atoms with E-state index in [0.29, 0.717) is 12.8 Å². The van der Waals surface area contributed by atoms with Gasteiger partial charge in [0.15, 0.2) is 0 Å². The summed E-state index contributed by atoms with van der Waals surface area (Å²) in [5.41, 5.74) is 1.35. The summed E-state index contributed by atoms with van der Waals surface area (Å²) in [4.78, 5) is 43.2. The van der Waals surface area contributed by atoms with Gasteiger partial charge in [0, 0.05) is 49.3 Å². The quantitative estimate of drug-likeness (QED) is 0.0345. The first-order chi connectivity index (χ1) is 21.5. The highest BCUT2D eigenvalue weighted by molar-refractivity contribution is 7.50. The summed E-state index contributed by atoms with van der Waals surface area (Å²) in [5.74, 6) is -0.883. The van der Waals surface area contributed by atoms with Crippen molar-refractivity contribution in [3.05, 3.63) is 0 Å². The highest BCUT2D eigenvalue weighted by Crippen LogP contribution is 2.39. The Morgan fingerprint density at radius 3 is 1.24 bits per heavy atom. The average molecular weight is 730 g/mol. The zero-order valence-electron chi connectivity index (χ0n) is 27.9. The standard InChI is InChI=1S/C25H60FN6O11P3/c1-27-21(7-9-22(28-2)11-13-24(30-4)18-41-45(35,36)37)8-10-23(29-3)12-14-25(31-5)19-43-46(38,39)42-17-20(15-32-26)16-40-44(6,33)34/h20-25,27-32H,7-19H2,1-6H3,(H,33,34)(H,38,39)(H2,35,36,37)/p-3. The van der Waals surface area contributed by atoms with E-state index in [1.54, 1.807) is 14.1 Å². The summed E-state index contributed by atoms with van der Waals surface area (Å²) < 4.78 is 65.9. The van der Waals surface area contributed by atoms with Gasteiger partial charge in [0.1, 0.15) is 7.60 Å². The van der Waals surface area contributed by atoms with Gasteiger partial charge in [-0.05, 0) is 86.6 Å². The molecule has 0 radical (unpaired) electrons. The van der Waals surface area contributed by atoms with Crippen LogP contribution in [0.3, 0.4) is 0 Å². The minimum Gasteiger partial charge on any atom is -0.779 e. The number of halogens is 1. The monoisotopic (exact) mass is 729 g/mol. The molecule has 0 aromatic rings. The summed E-state index contributed by atoms with van der Waals surface area (Å²) in [7, 11) is -4.48. The van der Waals surface area contributed by atoms with Gasteiger partial charge in [-0.3, -0.25) is 9.13 Å². The Hall–Kier alpha value is 0.0600. The van der Waals surface area contributed by atoms with Gasteiger partial charge in [-0.2, -0.15) is 5.54 Å². The van der Waals surface area contributed by atoms with E-state index in [1.165, 1.54) is 5.54 Å². The molecule has 46 heavy (non-hydrogen) atoms. The molecule has 0 rings (SSSR count). The summed E-state index contributed by atoms with van der Waals surface area (Å²) >= 11 is 0. The zero-order chi connectivity index (χ0) is 35.2. The zero-order valence-corrected chi connectivity index (χ0v) is 30.6. The first kappa shape index (κ1) is 46.1. The van der Waals surface area contributed by atoms with Crippen molar-refractivity contribution in [1.82, 2.24) is 32.1 Å². The van der Waals surface area contributed by atoms with Gasteiger partial charge in [0.25, 0.3) is 15.6 Å². The Morgan fingerprint density at radius 1 is 0.587 bits per heavy atom. The highest BCUT2D eigenvalue weighted by Gasteiger charge is 2.21. The molecular formula is C25H57FN6O11P3-3. The van der Waals surface area contributed by atoms with Gasteiger partial charge in [-0.1, -0.05) is 0 Å². The van der Waals surface area contributed by atoms with E-state index in [0.717, 1.165) is 45.2 Å². The van der Waals surface area contributed by atoms with Gasteiger partial charge in [0.2, 0.25) is 0 Å². The Balaban J connectivity index is 4.66. The predicted molar refractivity (Wildman–Crippen MR) is 169 cm³/mol. The lowest BCUT2D eigenvalue weighted by Crippen LogP contribution is -2.36. The molecule has 0 saturated heterocycles. The second-order valence-electron chi connectivity index (χ2n) is 11.3. The van der Waals surface area contributed by atoms with Gasteiger partial charge in [0.05, 0.1) is 26.4 Å². The maximum Gasteiger partial charge on any atom is 0.267 e. The summed E-state index contributed by atoms with van der Waals surface area (Å²) in [6.07, 6.45) is 6.41. The maximum absolute atomic E-state index is 12.5. The van der Waals surface area contributed by atoms with Gasteiger partial charge >= 0.3 is 0 Å². The Kier molecular flexibility index (Phi) is 25.1. The Bertz CT molecular complexity index is 923. The minimum absolute atomic E-state index is 0.135. The van der Waals surface area contributed by atoms with Crippen molar-refractivity contribution in [2.24, 2.45) is 5.92 Å². The summed E-state index contributed by atoms with van der Waals surface area (Å²) in [6.45, 7) is -0.794. The van der Waals surface area contributed by atoms with Crippen molar-refractivity contribution in [2.45, 2.75) is 81.6 Å². The first-order valence-electron chi connectivity index (χ1n) is 15.4. The van der Waals surface area contributed by atoms with Crippen molar-refractivity contribution in [1.29, 1.82) is 0 Å². The van der Waals surface area contributed by atoms with Crippen LogP contribution in [0, 0.1) is 5.92 Å². The van der Waals surface area contributed by atoms with E-state index in [4.69, 9.17) is 13.9 Å². The lowest BCUT2D eigenvalue weighted by Gasteiger charge is -2.29. The molecule has 0 amide bonds. The van der Waals surface area contributed by atoms with Crippen LogP contribution in [0.5, 0.6) is 0 Å². The summed E-state index contributed by atoms with van der Waals surface area (Å²) in [6, 6.07) is 0.146. The molecule has 9 atom stereocenters. The van der Waals surface area contributed by atoms with Crippen LogP contribution in [0.4, 0.5) is 4.48 Å². The molecule has 9 unspecified atom stereocenters. The lowest BCUT2D eigenvalue weighted by atomic mass is 9.95. The SMILES string of the molecule is CNC(CCC(CCC(COP(=O)([O-])O)NC)NC)CCC(CCC(COP(=O)([O-])OCC(CNF)COP(C)(=O)[O-])NC)NC. The second kappa shape index (κ2) is 25.1. The normalized spacial score (nSPS) is 20.2. The van der Waals surface area contributed by atoms with E-state index < -0.39 is 42.4 Å². The highest BCUT2D eigenvalue weighted by atomic mass is 31.2. The van der Waals surface area contributed by atoms with Crippen LogP contribution >= 0.6 is 23.2 Å². The molecule has 7 N–H and O–H groups in total. The van der Waals surface area contributed by atoms with E-state index >= 15 is 0 Å². The fourth-order valence-corrected chi connectivity index (χ4v) is 6.33. The van der Waals surface area contributed by atoms with Crippen molar-refractivity contribution >= 4 is 23.2 Å². The second-order valence-corrected chi connectivity index (χ2v) is 15.7. The molecule has 0 spiro atoms. The molecular weight excluding hydrogens is 672 g/mol. The van der Waals surface area contributed by atoms with Crippen LogP contribution in [-0.2, 0) is 31.8 Å². The van der Waals surface area contributed by atoms with E-state index in [9.17, 15) is 32.9 Å². The number of phosphoric acid groups is 2. The molecule has 0 aliphatic heterocycles. The number of hydrogen-bond donors (Lipinski definition) is 7. The van der Waals surface area contributed by atoms with E-state index in [2.05, 4.69) is 35.6 Å². The third kappa shape index (κ3) is 25.1. The molecule has 0 aromatic heterocycles. The first-order valence-corrected chi connectivity index (χ1v) is 20.4. The molecule has 0 aliphatic carbocycles. The predicted octanol–water partition coefficient (Wildman–Crippen LogP) is -0.684. The average Bonchev–Trinajstić information content (AvgIpc) is 2.99. The number of phosphoric ester groups is 2. The molecule has 17 nitrogen and oxygen atoms in total. The smallest absolute Gasteiger partial charge is 0.267 e. The van der Waals surface area contributed by atoms with Crippen molar-refractivity contribution < 1.29 is 55.8 Å². The Morgan fingerprint density at radius 2 is 0.913 bits per heavy atom. The van der Waals surface area contributed by atoms with Crippen LogP contribution in [0.15, 0.2) is 0 Å². The van der Waals surface area contributed by atoms with Crippen LogP contribution in [0.1, 0.15) is 51.4 Å².